The molecule has 672 valence electrons. The fourth-order valence-electron chi connectivity index (χ4n) is 13.8. The third kappa shape index (κ3) is 31.1. The normalized spacial score (nSPS) is 36.4. The van der Waals surface area contributed by atoms with Crippen LogP contribution in [0.2, 0.25) is 0 Å². The molecule has 0 radical (unpaired) electrons. The van der Waals surface area contributed by atoms with Crippen LogP contribution in [0.25, 0.3) is 0 Å². The first kappa shape index (κ1) is 40.5. The van der Waals surface area contributed by atoms with Crippen LogP contribution in [0, 0.1) is 0 Å². The molecular weight excluding hydrogens is 1500 g/mol. The first-order chi connectivity index (χ1) is 84.4. The summed E-state index contributed by atoms with van der Waals surface area (Å²) >= 11 is 0. The molecule has 120 heavy (non-hydrogen) atoms. The van der Waals surface area contributed by atoms with Crippen LogP contribution in [-0.4, -0.2) is 260 Å². The van der Waals surface area contributed by atoms with Crippen molar-refractivity contribution in [3.63, 3.8) is 0 Å². The van der Waals surface area contributed by atoms with E-state index in [4.69, 9.17) is 120 Å². The maximum absolute atomic E-state index is 12.0. The number of benzene rings is 6. The lowest BCUT2D eigenvalue weighted by Gasteiger charge is -2.40. The Balaban J connectivity index is 0.000000304. The average molecular weight is 1730 g/mol. The van der Waals surface area contributed by atoms with E-state index in [1.165, 1.54) is 61.8 Å². The minimum atomic E-state index is -4.67. The van der Waals surface area contributed by atoms with Crippen molar-refractivity contribution in [3.05, 3.63) is 179 Å². The van der Waals surface area contributed by atoms with Crippen molar-refractivity contribution in [2.75, 3.05) is 166 Å². The Morgan fingerprint density at radius 3 is 0.758 bits per heavy atom. The van der Waals surface area contributed by atoms with Gasteiger partial charge in [-0.3, -0.25) is 0 Å². The van der Waals surface area contributed by atoms with Gasteiger partial charge in [0.05, 0.1) is 92.7 Å². The Bertz CT molecular complexity index is 6960. The summed E-state index contributed by atoms with van der Waals surface area (Å²) in [6.45, 7) is -31.3. The van der Waals surface area contributed by atoms with Crippen LogP contribution < -0.4 is 28.4 Å². The number of rotatable bonds is 30. The summed E-state index contributed by atoms with van der Waals surface area (Å²) < 4.78 is 593. The largest absolute Gasteiger partial charge is 0.497 e. The molecule has 6 saturated carbocycles. The highest BCUT2D eigenvalue weighted by molar-refractivity contribution is 5.37. The van der Waals surface area contributed by atoms with Gasteiger partial charge >= 0.3 is 0 Å². The zero-order valence-electron chi connectivity index (χ0n) is 139. The zero-order valence-corrected chi connectivity index (χ0v) is 69.7. The molecule has 18 heteroatoms. The molecule has 6 N–H and O–H groups in total. The summed E-state index contributed by atoms with van der Waals surface area (Å²) in [5.41, 5.74) is -19.1. The molecule has 12 rings (SSSR count). The molecular formula is C102H162N6O12. The van der Waals surface area contributed by atoms with E-state index in [0.717, 1.165) is 130 Å². The van der Waals surface area contributed by atoms with E-state index in [9.17, 15) is 33.4 Å². The molecule has 18 nitrogen and oxygen atoms in total. The SMILES string of the molecule is [2H]C([2H])(N(C)C)C([2H])(c1ccc(OC)cc1)C1(O)C([2H])([2H])C([2H])([2H])C([2H])([2H])C([2H])([2H])C1([2H])[2H].[2H]C([2H])([2H])N(C([2H])([2H])[2H])C([2H])([2H])C([2H])(c1ccc(OC)cc1)C1(O)C([2H])([2H])C([2H])([2H])C([2H])([2H])C([2H])([2H])C1([2H])[2H].[2H]C([2H])([2H])N(C)C([2H])([2H])C([2H])(c1ccc(OC)cc1)C1(O)C([2H])([2H])C([2H])([2H])C([2H])([2H])C([2H])([2H])C1([2H])[2H].[2H]c1c([2H])c(C(CN(C([2H])([2H])[2H])C([2H])([2H])[2H])C2(O)CCCCC2)c([2H])c([2H])c1OC.[2H]c1c([2H])c(C(CN(C)C([2H])([2H])[2H])C2(O)CCCCC2)c([2H])c([2H])c1OC.[2H]c1c([2H])c(C(CN(C)C)C2(O)CCCCC2)c([2H])c([2H])c1OC. The van der Waals surface area contributed by atoms with E-state index in [1.54, 1.807) is 0 Å². The maximum atomic E-state index is 12.0. The average Bonchev–Trinajstić information content (AvgIpc) is 0.644. The third-order valence-corrected chi connectivity index (χ3v) is 19.9. The number of hydrogen-bond acceptors (Lipinski definition) is 18. The lowest BCUT2D eigenvalue weighted by atomic mass is 9.72. The van der Waals surface area contributed by atoms with E-state index < -0.39 is 278 Å². The summed E-state index contributed by atoms with van der Waals surface area (Å²) in [5, 5.41) is 69.7. The van der Waals surface area contributed by atoms with E-state index in [1.807, 2.05) is 19.0 Å². The van der Waals surface area contributed by atoms with E-state index in [-0.39, 0.29) is 118 Å². The second-order valence-corrected chi connectivity index (χ2v) is 29.2. The quantitative estimate of drug-likeness (QED) is 0.0249. The molecule has 6 unspecified atom stereocenters. The van der Waals surface area contributed by atoms with Gasteiger partial charge in [0.25, 0.3) is 0 Å². The van der Waals surface area contributed by atoms with Crippen molar-refractivity contribution in [2.24, 2.45) is 0 Å². The van der Waals surface area contributed by atoms with Crippen molar-refractivity contribution >= 4 is 0 Å². The Hall–Kier alpha value is -6.36. The molecule has 6 aromatic rings. The van der Waals surface area contributed by atoms with Crippen LogP contribution in [0.15, 0.2) is 145 Å². The molecule has 6 aliphatic carbocycles. The summed E-state index contributed by atoms with van der Waals surface area (Å²) in [7, 11) is 15.7. The van der Waals surface area contributed by atoms with E-state index >= 15 is 0 Å². The molecule has 0 amide bonds. The lowest BCUT2D eigenvalue weighted by molar-refractivity contribution is -0.0280. The first-order valence-electron chi connectivity index (χ1n) is 73.0. The van der Waals surface area contributed by atoms with Crippen molar-refractivity contribution in [3.8, 4) is 34.5 Å². The minimum absolute atomic E-state index is 0.00816. The van der Waals surface area contributed by atoms with Gasteiger partial charge in [0.2, 0.25) is 0 Å². The maximum Gasteiger partial charge on any atom is 0.118 e. The Kier molecular flexibility index (Phi) is 16.9. The smallest absolute Gasteiger partial charge is 0.118 e. The molecule has 0 aliphatic heterocycles. The highest BCUT2D eigenvalue weighted by Gasteiger charge is 2.45. The van der Waals surface area contributed by atoms with E-state index in [2.05, 4.69) is 0 Å². The minimum Gasteiger partial charge on any atom is -0.497 e. The Morgan fingerprint density at radius 2 is 0.525 bits per heavy atom. The first-order valence-corrected chi connectivity index (χ1v) is 38.5. The Labute approximate surface area is 823 Å². The Morgan fingerprint density at radius 1 is 0.292 bits per heavy atom. The second-order valence-electron chi connectivity index (χ2n) is 29.2. The highest BCUT2D eigenvalue weighted by atomic mass is 16.5. The number of aliphatic hydroxyl groups is 6. The second kappa shape index (κ2) is 50.0. The van der Waals surface area contributed by atoms with Gasteiger partial charge in [-0.15, -0.1) is 0 Å². The molecule has 6 atom stereocenters. The third-order valence-electron chi connectivity index (χ3n) is 19.9. The number of methoxy groups -OCH3 is 6. The zero-order chi connectivity index (χ0) is 148. The molecule has 6 aliphatic rings. The highest BCUT2D eigenvalue weighted by Crippen LogP contribution is 2.47. The molecule has 0 spiro atoms. The van der Waals surface area contributed by atoms with Gasteiger partial charge in [-0.1, -0.05) is 188 Å². The molecule has 0 aromatic heterocycles. The molecule has 0 heterocycles. The van der Waals surface area contributed by atoms with Crippen LogP contribution >= 0.6 is 0 Å². The summed E-state index contributed by atoms with van der Waals surface area (Å²) in [6, 6.07) is 8.36. The fourth-order valence-corrected chi connectivity index (χ4v) is 13.8. The van der Waals surface area contributed by atoms with Crippen molar-refractivity contribution in [1.82, 2.24) is 29.4 Å². The predicted octanol–water partition coefficient (Wildman–Crippen LogP) is 18.2. The van der Waals surface area contributed by atoms with Crippen LogP contribution in [0.1, 0.15) is 355 Å². The van der Waals surface area contributed by atoms with Crippen LogP contribution in [-0.2, 0) is 0 Å². The standard InChI is InChI=1S/6C17H27NO2/c6*1-18(2)13-16(17(19)11-5-4-6-12-17)14-7-9-15(20-3)10-8-14/h6*7-10,16,19H,4-6,11-13H2,1-3H3/i1D3,2D3,4D2,5D2,6D2,11D2,12D2,13D2,16D;1D3,4D2,5D2,6D2,11D2,12D2,13D2,16D;4D2,5D2,6D2,11D2,12D2,13D2,16D;1D3,2D3,7D,8D,9D,10D;1D3,7D,8D,9D,10D;7D,8D,9D,10D. The van der Waals surface area contributed by atoms with Gasteiger partial charge in [-0.2, -0.15) is 0 Å². The summed E-state index contributed by atoms with van der Waals surface area (Å²) in [4.78, 5) is 3.16. The summed E-state index contributed by atoms with van der Waals surface area (Å²) in [5.74, 6) is -14.2. The van der Waals surface area contributed by atoms with Crippen LogP contribution in [0.4, 0.5) is 0 Å². The van der Waals surface area contributed by atoms with Crippen molar-refractivity contribution < 1.29 is 154 Å². The van der Waals surface area contributed by atoms with Gasteiger partial charge < -0.3 is 88.5 Å². The molecule has 6 fully saturated rings. The van der Waals surface area contributed by atoms with Gasteiger partial charge in [0.1, 0.15) is 34.5 Å². The predicted molar refractivity (Wildman–Crippen MR) is 494 cm³/mol. The van der Waals surface area contributed by atoms with Gasteiger partial charge in [-0.25, -0.2) is 0 Å². The molecule has 6 aromatic carbocycles. The summed E-state index contributed by atoms with van der Waals surface area (Å²) in [6.07, 6.45) is -51.4. The van der Waals surface area contributed by atoms with Crippen LogP contribution in [0.3, 0.4) is 0 Å². The van der Waals surface area contributed by atoms with Gasteiger partial charge in [0.15, 0.2) is 0 Å². The number of likely N-dealkylation sites (N-methyl/N-ethyl adjacent to an activating group) is 6. The lowest BCUT2D eigenvalue weighted by Crippen LogP contribution is -2.42. The number of nitrogens with zero attached hydrogens (tertiary/aromatic N) is 6. The van der Waals surface area contributed by atoms with Crippen LogP contribution in [0.5, 0.6) is 34.5 Å². The molecule has 0 bridgehead atoms. The fraction of sp³-hybridized carbons (Fsp3) is 0.647. The van der Waals surface area contributed by atoms with Gasteiger partial charge in [-0.05, 0) is 267 Å². The monoisotopic (exact) mass is 1730 g/mol. The van der Waals surface area contributed by atoms with Gasteiger partial charge in [0, 0.05) is 153 Å². The van der Waals surface area contributed by atoms with Crippen molar-refractivity contribution in [1.29, 1.82) is 0 Å². The van der Waals surface area contributed by atoms with Crippen molar-refractivity contribution in [2.45, 2.75) is 261 Å². The number of hydrogen-bond donors (Lipinski definition) is 6. The number of ether oxygens (including phenoxy) is 6. The topological polar surface area (TPSA) is 196 Å². The van der Waals surface area contributed by atoms with E-state index in [0.29, 0.717) is 62.6 Å². The molecule has 0 saturated heterocycles.